The lowest BCUT2D eigenvalue weighted by Crippen LogP contribution is -2.05. The van der Waals surface area contributed by atoms with Crippen LogP contribution in [0.25, 0.3) is 11.3 Å². The van der Waals surface area contributed by atoms with Gasteiger partial charge in [-0.05, 0) is 53.3 Å². The summed E-state index contributed by atoms with van der Waals surface area (Å²) in [5, 5.41) is 9.15. The second-order valence-corrected chi connectivity index (χ2v) is 5.77. The monoisotopic (exact) mass is 421 g/mol. The van der Waals surface area contributed by atoms with Crippen molar-refractivity contribution >= 4 is 40.2 Å². The number of aromatic nitrogens is 1. The molecule has 21 heavy (non-hydrogen) atoms. The van der Waals surface area contributed by atoms with Crippen LogP contribution in [0.5, 0.6) is 5.75 Å². The van der Waals surface area contributed by atoms with Crippen LogP contribution < -0.4 is 4.74 Å². The highest BCUT2D eigenvalue weighted by Crippen LogP contribution is 2.33. The van der Waals surface area contributed by atoms with Crippen molar-refractivity contribution in [2.45, 2.75) is 6.92 Å². The van der Waals surface area contributed by atoms with E-state index in [0.29, 0.717) is 9.13 Å². The van der Waals surface area contributed by atoms with Gasteiger partial charge >= 0.3 is 5.97 Å². The molecule has 1 heterocycles. The van der Waals surface area contributed by atoms with Crippen molar-refractivity contribution in [3.05, 3.63) is 43.9 Å². The minimum Gasteiger partial charge on any atom is -0.493 e. The zero-order valence-corrected chi connectivity index (χ0v) is 14.0. The fourth-order valence-electron chi connectivity index (χ4n) is 1.85. The lowest BCUT2D eigenvalue weighted by atomic mass is 10.1. The number of halogens is 3. The third-order valence-corrected chi connectivity index (χ3v) is 4.20. The lowest BCUT2D eigenvalue weighted by Gasteiger charge is -2.11. The average Bonchev–Trinajstić information content (AvgIpc) is 2.42. The molecule has 0 aliphatic heterocycles. The molecule has 2 rings (SSSR count). The van der Waals surface area contributed by atoms with Crippen LogP contribution in [0.15, 0.2) is 18.2 Å². The van der Waals surface area contributed by atoms with E-state index in [-0.39, 0.29) is 27.7 Å². The van der Waals surface area contributed by atoms with Crippen molar-refractivity contribution in [1.82, 2.24) is 4.98 Å². The van der Waals surface area contributed by atoms with E-state index in [1.165, 1.54) is 13.2 Å². The number of carboxylic acid groups (broad SMARTS) is 1. The quantitative estimate of drug-likeness (QED) is 0.756. The number of hydrogen-bond acceptors (Lipinski definition) is 3. The van der Waals surface area contributed by atoms with Crippen molar-refractivity contribution in [3.63, 3.8) is 0 Å². The van der Waals surface area contributed by atoms with Crippen molar-refractivity contribution in [1.29, 1.82) is 0 Å². The second kappa shape index (κ2) is 6.15. The normalized spacial score (nSPS) is 10.5. The maximum Gasteiger partial charge on any atom is 0.356 e. The zero-order valence-electron chi connectivity index (χ0n) is 11.1. The fourth-order valence-corrected chi connectivity index (χ4v) is 2.67. The highest BCUT2D eigenvalue weighted by atomic mass is 127. The van der Waals surface area contributed by atoms with E-state index < -0.39 is 11.8 Å². The molecule has 7 heteroatoms. The minimum atomic E-state index is -1.26. The molecule has 0 aliphatic carbocycles. The molecule has 110 valence electrons. The van der Waals surface area contributed by atoms with Crippen LogP contribution in [-0.4, -0.2) is 23.2 Å². The number of carbonyl (C=O) groups is 1. The Morgan fingerprint density at radius 2 is 2.14 bits per heavy atom. The molecule has 0 saturated carbocycles. The summed E-state index contributed by atoms with van der Waals surface area (Å²) in [6, 6.07) is 4.74. The van der Waals surface area contributed by atoms with Crippen LogP contribution in [0.1, 0.15) is 16.1 Å². The molecule has 0 amide bonds. The SMILES string of the molecule is COc1c(I)ccc(-c2cc(C)c(Cl)c(C(=O)O)n2)c1F. The van der Waals surface area contributed by atoms with Crippen LogP contribution in [0, 0.1) is 16.3 Å². The van der Waals surface area contributed by atoms with Crippen LogP contribution >= 0.6 is 34.2 Å². The first kappa shape index (κ1) is 16.0. The number of methoxy groups -OCH3 is 1. The maximum atomic E-state index is 14.4. The maximum absolute atomic E-state index is 14.4. The van der Waals surface area contributed by atoms with Crippen LogP contribution in [0.2, 0.25) is 5.02 Å². The summed E-state index contributed by atoms with van der Waals surface area (Å²) in [6.07, 6.45) is 0. The third-order valence-electron chi connectivity index (χ3n) is 2.87. The van der Waals surface area contributed by atoms with E-state index in [1.54, 1.807) is 19.1 Å². The van der Waals surface area contributed by atoms with Gasteiger partial charge in [-0.3, -0.25) is 0 Å². The molecule has 0 radical (unpaired) electrons. The minimum absolute atomic E-state index is 0.0455. The van der Waals surface area contributed by atoms with Crippen LogP contribution in [0.4, 0.5) is 4.39 Å². The number of aromatic carboxylic acids is 1. The van der Waals surface area contributed by atoms with Gasteiger partial charge < -0.3 is 9.84 Å². The van der Waals surface area contributed by atoms with E-state index in [4.69, 9.17) is 21.4 Å². The number of pyridine rings is 1. The van der Waals surface area contributed by atoms with Gasteiger partial charge in [-0.1, -0.05) is 11.6 Å². The van der Waals surface area contributed by atoms with Crippen molar-refractivity contribution in [2.24, 2.45) is 0 Å². The first-order valence-electron chi connectivity index (χ1n) is 5.79. The number of ether oxygens (including phenoxy) is 1. The Labute approximate surface area is 139 Å². The Kier molecular flexibility index (Phi) is 4.67. The summed E-state index contributed by atoms with van der Waals surface area (Å²) in [4.78, 5) is 15.1. The Morgan fingerprint density at radius 1 is 1.48 bits per heavy atom. The first-order valence-corrected chi connectivity index (χ1v) is 7.25. The first-order chi connectivity index (χ1) is 9.86. The smallest absolute Gasteiger partial charge is 0.356 e. The molecular formula is C14H10ClFINO3. The Morgan fingerprint density at radius 3 is 2.71 bits per heavy atom. The second-order valence-electron chi connectivity index (χ2n) is 4.23. The van der Waals surface area contributed by atoms with Crippen LogP contribution in [-0.2, 0) is 0 Å². The van der Waals surface area contributed by atoms with Gasteiger partial charge in [-0.2, -0.15) is 0 Å². The van der Waals surface area contributed by atoms with Crippen molar-refractivity contribution in [2.75, 3.05) is 7.11 Å². The van der Waals surface area contributed by atoms with Crippen molar-refractivity contribution < 1.29 is 19.0 Å². The molecule has 1 N–H and O–H groups in total. The van der Waals surface area contributed by atoms with Gasteiger partial charge in [0.1, 0.15) is 0 Å². The van der Waals surface area contributed by atoms with Gasteiger partial charge in [0.25, 0.3) is 0 Å². The highest BCUT2D eigenvalue weighted by Gasteiger charge is 2.19. The van der Waals surface area contributed by atoms with Gasteiger partial charge in [-0.15, -0.1) is 0 Å². The topological polar surface area (TPSA) is 59.4 Å². The van der Waals surface area contributed by atoms with E-state index >= 15 is 0 Å². The van der Waals surface area contributed by atoms with Gasteiger partial charge in [0.05, 0.1) is 21.4 Å². The van der Waals surface area contributed by atoms with E-state index in [2.05, 4.69) is 4.98 Å². The molecule has 0 aliphatic rings. The summed E-state index contributed by atoms with van der Waals surface area (Å²) in [5.74, 6) is -1.75. The summed E-state index contributed by atoms with van der Waals surface area (Å²) >= 11 is 7.86. The van der Waals surface area contributed by atoms with Gasteiger partial charge in [0.15, 0.2) is 17.3 Å². The van der Waals surface area contributed by atoms with Crippen LogP contribution in [0.3, 0.4) is 0 Å². The number of carboxylic acids is 1. The Hall–Kier alpha value is -1.41. The zero-order chi connectivity index (χ0) is 15.7. The summed E-state index contributed by atoms with van der Waals surface area (Å²) in [5.41, 5.74) is 0.565. The highest BCUT2D eigenvalue weighted by molar-refractivity contribution is 14.1. The fraction of sp³-hybridized carbons (Fsp3) is 0.143. The molecule has 0 spiro atoms. The Balaban J connectivity index is 2.71. The standard InChI is InChI=1S/C14H10ClFINO3/c1-6-5-9(18-12(10(6)15)14(19)20)7-3-4-8(17)13(21-2)11(7)16/h3-5H,1-2H3,(H,19,20). The summed E-state index contributed by atoms with van der Waals surface area (Å²) < 4.78 is 20.1. The molecule has 1 aromatic carbocycles. The summed E-state index contributed by atoms with van der Waals surface area (Å²) in [6.45, 7) is 1.64. The predicted molar refractivity (Wildman–Crippen MR) is 85.6 cm³/mol. The Bertz CT molecular complexity index is 737. The largest absolute Gasteiger partial charge is 0.493 e. The number of nitrogens with zero attached hydrogens (tertiary/aromatic N) is 1. The molecule has 1 aromatic heterocycles. The van der Waals surface area contributed by atoms with E-state index in [0.717, 1.165) is 0 Å². The number of aryl methyl sites for hydroxylation is 1. The molecule has 0 fully saturated rings. The van der Waals surface area contributed by atoms with Gasteiger partial charge in [0.2, 0.25) is 0 Å². The number of benzene rings is 1. The predicted octanol–water partition coefficient (Wildman–Crippen LogP) is 4.16. The molecule has 4 nitrogen and oxygen atoms in total. The van der Waals surface area contributed by atoms with Gasteiger partial charge in [0, 0.05) is 5.56 Å². The number of hydrogen-bond donors (Lipinski definition) is 1. The molecule has 0 saturated heterocycles. The van der Waals surface area contributed by atoms with Crippen molar-refractivity contribution in [3.8, 4) is 17.0 Å². The van der Waals surface area contributed by atoms with E-state index in [9.17, 15) is 9.18 Å². The van der Waals surface area contributed by atoms with Gasteiger partial charge in [-0.25, -0.2) is 14.2 Å². The number of rotatable bonds is 3. The molecular weight excluding hydrogens is 412 g/mol. The third kappa shape index (κ3) is 2.96. The molecule has 0 bridgehead atoms. The lowest BCUT2D eigenvalue weighted by molar-refractivity contribution is 0.0690. The molecule has 0 unspecified atom stereocenters. The molecule has 0 atom stereocenters. The summed E-state index contributed by atoms with van der Waals surface area (Å²) in [7, 11) is 1.37. The van der Waals surface area contributed by atoms with E-state index in [1.807, 2.05) is 22.6 Å². The molecule has 2 aromatic rings. The average molecular weight is 422 g/mol.